The number of alkyl halides is 5. The summed E-state index contributed by atoms with van der Waals surface area (Å²) in [6.07, 6.45) is -4.86. The zero-order valence-electron chi connectivity index (χ0n) is 11.0. The molecule has 0 unspecified atom stereocenters. The lowest BCUT2D eigenvalue weighted by atomic mass is 10.0. The standard InChI is InChI=1S/C14H11F5NS/c1-3-9-4-6-10(7-5-9)11-8(2)12(21-20-11)13(15,16)14(17,18)19/h4-7H,2-3H2,1H3. The topological polar surface area (TPSA) is 12.9 Å². The fraction of sp³-hybridized carbons (Fsp3) is 0.286. The summed E-state index contributed by atoms with van der Waals surface area (Å²) in [4.78, 5) is -1.16. The average Bonchev–Trinajstić information content (AvgIpc) is 2.80. The van der Waals surface area contributed by atoms with Gasteiger partial charge in [0.05, 0.1) is 5.69 Å². The third-order valence-electron chi connectivity index (χ3n) is 3.06. The molecule has 1 aromatic carbocycles. The van der Waals surface area contributed by atoms with Gasteiger partial charge in [0.1, 0.15) is 4.88 Å². The zero-order valence-corrected chi connectivity index (χ0v) is 11.8. The molecule has 113 valence electrons. The molecule has 0 saturated heterocycles. The first-order chi connectivity index (χ1) is 9.68. The predicted octanol–water partition coefficient (Wildman–Crippen LogP) is 5.21. The molecule has 1 aromatic heterocycles. The number of aryl methyl sites for hydroxylation is 1. The van der Waals surface area contributed by atoms with Gasteiger partial charge >= 0.3 is 12.1 Å². The molecule has 21 heavy (non-hydrogen) atoms. The number of benzene rings is 1. The minimum atomic E-state index is -5.66. The quantitative estimate of drug-likeness (QED) is 0.708. The smallest absolute Gasteiger partial charge is 0.192 e. The molecule has 0 spiro atoms. The van der Waals surface area contributed by atoms with E-state index in [1.54, 1.807) is 24.3 Å². The molecule has 2 aromatic rings. The van der Waals surface area contributed by atoms with Gasteiger partial charge in [0.25, 0.3) is 0 Å². The van der Waals surface area contributed by atoms with E-state index in [0.29, 0.717) is 5.56 Å². The van der Waals surface area contributed by atoms with E-state index in [0.717, 1.165) is 12.0 Å². The molecule has 0 saturated carbocycles. The van der Waals surface area contributed by atoms with Crippen LogP contribution in [-0.4, -0.2) is 10.5 Å². The summed E-state index contributed by atoms with van der Waals surface area (Å²) in [5.41, 5.74) is 1.17. The number of nitrogens with zero attached hydrogens (tertiary/aromatic N) is 1. The van der Waals surface area contributed by atoms with Crippen LogP contribution in [0.4, 0.5) is 22.0 Å². The molecule has 1 nitrogen and oxygen atoms in total. The maximum absolute atomic E-state index is 13.4. The van der Waals surface area contributed by atoms with Crippen molar-refractivity contribution in [1.29, 1.82) is 0 Å². The molecule has 0 fully saturated rings. The average molecular weight is 320 g/mol. The van der Waals surface area contributed by atoms with E-state index >= 15 is 0 Å². The Kier molecular flexibility index (Phi) is 4.06. The summed E-state index contributed by atoms with van der Waals surface area (Å²) in [5.74, 6) is -4.94. The summed E-state index contributed by atoms with van der Waals surface area (Å²) in [7, 11) is 0. The molecular weight excluding hydrogens is 309 g/mol. The van der Waals surface area contributed by atoms with Crippen LogP contribution in [0.2, 0.25) is 0 Å². The predicted molar refractivity (Wildman–Crippen MR) is 71.3 cm³/mol. The van der Waals surface area contributed by atoms with E-state index in [1.165, 1.54) is 0 Å². The third-order valence-corrected chi connectivity index (χ3v) is 4.02. The first-order valence-corrected chi connectivity index (χ1v) is 6.81. The van der Waals surface area contributed by atoms with Gasteiger partial charge in [0.2, 0.25) is 0 Å². The highest BCUT2D eigenvalue weighted by molar-refractivity contribution is 7.06. The van der Waals surface area contributed by atoms with Crippen molar-refractivity contribution in [2.75, 3.05) is 0 Å². The Labute approximate surface area is 122 Å². The number of hydrogen-bond donors (Lipinski definition) is 0. The molecule has 7 heteroatoms. The Morgan fingerprint density at radius 3 is 2.14 bits per heavy atom. The van der Waals surface area contributed by atoms with Crippen molar-refractivity contribution < 1.29 is 22.0 Å². The lowest BCUT2D eigenvalue weighted by molar-refractivity contribution is -0.288. The minimum absolute atomic E-state index is 0.0570. The molecule has 1 heterocycles. The number of hydrogen-bond acceptors (Lipinski definition) is 2. The van der Waals surface area contributed by atoms with Gasteiger partial charge in [-0.25, -0.2) is 0 Å². The molecule has 2 rings (SSSR count). The Balaban J connectivity index is 2.45. The Morgan fingerprint density at radius 2 is 1.67 bits per heavy atom. The first kappa shape index (κ1) is 15.9. The lowest BCUT2D eigenvalue weighted by Gasteiger charge is -2.18. The monoisotopic (exact) mass is 320 g/mol. The Morgan fingerprint density at radius 1 is 1.10 bits per heavy atom. The van der Waals surface area contributed by atoms with Crippen LogP contribution in [0.1, 0.15) is 22.9 Å². The van der Waals surface area contributed by atoms with Gasteiger partial charge in [0.15, 0.2) is 0 Å². The van der Waals surface area contributed by atoms with Crippen molar-refractivity contribution in [1.82, 2.24) is 4.37 Å². The highest BCUT2D eigenvalue weighted by atomic mass is 32.1. The second kappa shape index (κ2) is 5.36. The van der Waals surface area contributed by atoms with Crippen molar-refractivity contribution in [3.8, 4) is 11.3 Å². The van der Waals surface area contributed by atoms with Gasteiger partial charge in [-0.3, -0.25) is 0 Å². The summed E-state index contributed by atoms with van der Waals surface area (Å²) in [6, 6.07) is 6.82. The van der Waals surface area contributed by atoms with Crippen molar-refractivity contribution in [2.24, 2.45) is 0 Å². The summed E-state index contributed by atoms with van der Waals surface area (Å²) < 4.78 is 67.7. The van der Waals surface area contributed by atoms with Crippen molar-refractivity contribution >= 4 is 11.5 Å². The molecule has 0 N–H and O–H groups in total. The van der Waals surface area contributed by atoms with Gasteiger partial charge < -0.3 is 0 Å². The van der Waals surface area contributed by atoms with E-state index in [-0.39, 0.29) is 22.8 Å². The summed E-state index contributed by atoms with van der Waals surface area (Å²) >= 11 is 0.132. The largest absolute Gasteiger partial charge is 0.459 e. The molecule has 0 aliphatic rings. The highest BCUT2D eigenvalue weighted by Gasteiger charge is 2.60. The van der Waals surface area contributed by atoms with E-state index in [2.05, 4.69) is 11.3 Å². The number of rotatable bonds is 3. The van der Waals surface area contributed by atoms with E-state index in [4.69, 9.17) is 0 Å². The second-order valence-corrected chi connectivity index (χ2v) is 5.23. The molecule has 0 atom stereocenters. The van der Waals surface area contributed by atoms with Crippen LogP contribution in [0, 0.1) is 6.92 Å². The van der Waals surface area contributed by atoms with Crippen LogP contribution in [0.3, 0.4) is 0 Å². The maximum Gasteiger partial charge on any atom is 0.459 e. The number of aromatic nitrogens is 1. The van der Waals surface area contributed by atoms with Crippen LogP contribution in [0.25, 0.3) is 11.3 Å². The third kappa shape index (κ3) is 2.79. The summed E-state index contributed by atoms with van der Waals surface area (Å²) in [5, 5.41) is 0. The molecule has 0 aliphatic heterocycles. The van der Waals surface area contributed by atoms with Gasteiger partial charge in [-0.2, -0.15) is 26.3 Å². The van der Waals surface area contributed by atoms with Crippen molar-refractivity contribution in [3.05, 3.63) is 47.2 Å². The van der Waals surface area contributed by atoms with Gasteiger partial charge in [-0.1, -0.05) is 31.2 Å². The van der Waals surface area contributed by atoms with Crippen molar-refractivity contribution in [3.63, 3.8) is 0 Å². The van der Waals surface area contributed by atoms with Crippen LogP contribution >= 0.6 is 11.5 Å². The van der Waals surface area contributed by atoms with Crippen LogP contribution in [-0.2, 0) is 12.3 Å². The van der Waals surface area contributed by atoms with Crippen molar-refractivity contribution in [2.45, 2.75) is 25.4 Å². The second-order valence-electron chi connectivity index (χ2n) is 4.46. The Bertz CT molecular complexity index is 628. The fourth-order valence-corrected chi connectivity index (χ4v) is 2.65. The van der Waals surface area contributed by atoms with E-state index in [1.807, 2.05) is 6.92 Å². The first-order valence-electron chi connectivity index (χ1n) is 6.04. The maximum atomic E-state index is 13.4. The molecule has 0 amide bonds. The summed E-state index contributed by atoms with van der Waals surface area (Å²) in [6.45, 7) is 5.30. The van der Waals surface area contributed by atoms with E-state index in [9.17, 15) is 22.0 Å². The van der Waals surface area contributed by atoms with Gasteiger partial charge in [-0.05, 0) is 30.4 Å². The Hall–Kier alpha value is -1.50. The fourth-order valence-electron chi connectivity index (χ4n) is 1.81. The van der Waals surface area contributed by atoms with Crippen LogP contribution in [0.5, 0.6) is 0 Å². The van der Waals surface area contributed by atoms with E-state index < -0.39 is 17.0 Å². The number of halogens is 5. The molecule has 1 radical (unpaired) electrons. The molecule has 0 bridgehead atoms. The molecule has 0 aliphatic carbocycles. The SMILES string of the molecule is [CH2]c1c(-c2ccc(CC)cc2)nsc1C(F)(F)C(F)(F)F. The van der Waals surface area contributed by atoms with Gasteiger partial charge in [0, 0.05) is 11.1 Å². The zero-order chi connectivity index (χ0) is 15.8. The lowest BCUT2D eigenvalue weighted by Crippen LogP contribution is -2.33. The molecular formula is C14H11F5NS. The normalized spacial score (nSPS) is 12.7. The highest BCUT2D eigenvalue weighted by Crippen LogP contribution is 2.48. The van der Waals surface area contributed by atoms with Crippen LogP contribution in [0.15, 0.2) is 24.3 Å². The minimum Gasteiger partial charge on any atom is -0.192 e. The van der Waals surface area contributed by atoms with Gasteiger partial charge in [-0.15, -0.1) is 0 Å². The van der Waals surface area contributed by atoms with Crippen LogP contribution < -0.4 is 0 Å².